The van der Waals surface area contributed by atoms with Gasteiger partial charge in [-0.05, 0) is 23.8 Å². The zero-order chi connectivity index (χ0) is 21.0. The summed E-state index contributed by atoms with van der Waals surface area (Å²) in [5, 5.41) is 11.5. The van der Waals surface area contributed by atoms with Crippen LogP contribution in [0.2, 0.25) is 5.02 Å². The number of fused-ring (bicyclic) bond motifs is 1. The van der Waals surface area contributed by atoms with E-state index in [1.165, 1.54) is 42.0 Å². The van der Waals surface area contributed by atoms with E-state index in [4.69, 9.17) is 16.3 Å². The maximum atomic E-state index is 12.3. The van der Waals surface area contributed by atoms with Crippen molar-refractivity contribution in [2.24, 2.45) is 4.99 Å². The number of carbonyl (C=O) groups excluding carboxylic acids is 2. The Kier molecular flexibility index (Phi) is 6.20. The number of benzene rings is 2. The quantitative estimate of drug-likeness (QED) is 0.266. The van der Waals surface area contributed by atoms with Crippen LogP contribution in [0.4, 0.5) is 5.69 Å². The van der Waals surface area contributed by atoms with E-state index in [0.717, 1.165) is 11.3 Å². The molecule has 0 saturated heterocycles. The van der Waals surface area contributed by atoms with Crippen LogP contribution in [0.15, 0.2) is 53.5 Å². The molecule has 0 fully saturated rings. The molecule has 0 unspecified atom stereocenters. The summed E-state index contributed by atoms with van der Waals surface area (Å²) in [6.07, 6.45) is 2.80. The molecule has 0 aliphatic carbocycles. The van der Waals surface area contributed by atoms with Crippen molar-refractivity contribution in [2.75, 3.05) is 7.11 Å². The van der Waals surface area contributed by atoms with Crippen molar-refractivity contribution < 1.29 is 19.2 Å². The van der Waals surface area contributed by atoms with Gasteiger partial charge in [0.15, 0.2) is 4.80 Å². The number of hydrogen-bond donors (Lipinski definition) is 0. The number of nitro groups is 1. The molecule has 0 atom stereocenters. The van der Waals surface area contributed by atoms with E-state index < -0.39 is 16.8 Å². The van der Waals surface area contributed by atoms with Gasteiger partial charge in [-0.2, -0.15) is 4.99 Å². The lowest BCUT2D eigenvalue weighted by atomic mass is 10.2. The molecule has 3 rings (SSSR count). The van der Waals surface area contributed by atoms with Gasteiger partial charge in [-0.15, -0.1) is 0 Å². The van der Waals surface area contributed by atoms with Crippen molar-refractivity contribution >= 4 is 56.8 Å². The zero-order valence-corrected chi connectivity index (χ0v) is 16.6. The fourth-order valence-corrected chi connectivity index (χ4v) is 3.78. The minimum absolute atomic E-state index is 0.0968. The number of esters is 1. The number of ether oxygens (including phenoxy) is 1. The summed E-state index contributed by atoms with van der Waals surface area (Å²) in [5.74, 6) is -1.10. The number of non-ortho nitro benzene ring substituents is 1. The highest BCUT2D eigenvalue weighted by Gasteiger charge is 2.14. The number of carbonyl (C=O) groups is 2. The molecule has 0 saturated carbocycles. The molecule has 1 heterocycles. The molecule has 0 spiro atoms. The average Bonchev–Trinajstić information content (AvgIpc) is 3.03. The molecule has 8 nitrogen and oxygen atoms in total. The molecule has 1 aromatic heterocycles. The van der Waals surface area contributed by atoms with E-state index in [-0.39, 0.29) is 17.0 Å². The van der Waals surface area contributed by atoms with E-state index in [2.05, 4.69) is 4.99 Å². The van der Waals surface area contributed by atoms with Gasteiger partial charge >= 0.3 is 5.97 Å². The Morgan fingerprint density at radius 3 is 2.76 bits per heavy atom. The number of rotatable bonds is 5. The Balaban J connectivity index is 2.04. The van der Waals surface area contributed by atoms with Crippen molar-refractivity contribution in [3.8, 4) is 0 Å². The number of nitrogens with zero attached hydrogens (tertiary/aromatic N) is 3. The number of aromatic nitrogens is 1. The van der Waals surface area contributed by atoms with Crippen LogP contribution < -0.4 is 4.80 Å². The van der Waals surface area contributed by atoms with Crippen LogP contribution in [-0.2, 0) is 20.9 Å². The van der Waals surface area contributed by atoms with Crippen molar-refractivity contribution in [1.29, 1.82) is 0 Å². The first-order valence-corrected chi connectivity index (χ1v) is 9.44. The Morgan fingerprint density at radius 1 is 1.31 bits per heavy atom. The van der Waals surface area contributed by atoms with Crippen molar-refractivity contribution in [3.63, 3.8) is 0 Å². The summed E-state index contributed by atoms with van der Waals surface area (Å²) >= 11 is 7.12. The third-order valence-corrected chi connectivity index (χ3v) is 5.29. The Bertz CT molecular complexity index is 1210. The topological polar surface area (TPSA) is 104 Å². The lowest BCUT2D eigenvalue weighted by molar-refractivity contribution is -0.384. The standard InChI is InChI=1S/C19H14ClN3O5S/c1-28-18(25)11-22-15-8-7-13(23(26)27)10-16(15)29-19(22)21-17(24)9-6-12-4-2-3-5-14(12)20/h2-10H,11H2,1H3. The zero-order valence-electron chi connectivity index (χ0n) is 15.1. The van der Waals surface area contributed by atoms with Crippen LogP contribution in [0.3, 0.4) is 0 Å². The van der Waals surface area contributed by atoms with E-state index in [0.29, 0.717) is 20.8 Å². The molecular formula is C19H14ClN3O5S. The minimum atomic E-state index is -0.565. The van der Waals surface area contributed by atoms with Crippen molar-refractivity contribution in [3.05, 3.63) is 74.0 Å². The number of methoxy groups -OCH3 is 1. The number of hydrogen-bond acceptors (Lipinski definition) is 6. The molecule has 3 aromatic rings. The largest absolute Gasteiger partial charge is 0.468 e. The van der Waals surface area contributed by atoms with Gasteiger partial charge in [-0.1, -0.05) is 41.1 Å². The smallest absolute Gasteiger partial charge is 0.325 e. The molecule has 0 aliphatic heterocycles. The van der Waals surface area contributed by atoms with E-state index in [1.807, 2.05) is 0 Å². The fourth-order valence-electron chi connectivity index (χ4n) is 2.51. The van der Waals surface area contributed by atoms with Gasteiger partial charge < -0.3 is 9.30 Å². The molecule has 29 heavy (non-hydrogen) atoms. The first kappa shape index (κ1) is 20.4. The lowest BCUT2D eigenvalue weighted by Crippen LogP contribution is -2.22. The lowest BCUT2D eigenvalue weighted by Gasteiger charge is -2.03. The van der Waals surface area contributed by atoms with Crippen LogP contribution in [-0.4, -0.2) is 28.5 Å². The van der Waals surface area contributed by atoms with Crippen molar-refractivity contribution in [1.82, 2.24) is 4.57 Å². The summed E-state index contributed by atoms with van der Waals surface area (Å²) < 4.78 is 6.70. The molecular weight excluding hydrogens is 418 g/mol. The van der Waals surface area contributed by atoms with Crippen LogP contribution in [0.1, 0.15) is 5.56 Å². The summed E-state index contributed by atoms with van der Waals surface area (Å²) in [6, 6.07) is 11.2. The Morgan fingerprint density at radius 2 is 2.07 bits per heavy atom. The third kappa shape index (κ3) is 4.76. The van der Waals surface area contributed by atoms with Gasteiger partial charge in [0.2, 0.25) is 0 Å². The summed E-state index contributed by atoms with van der Waals surface area (Å²) in [7, 11) is 1.25. The minimum Gasteiger partial charge on any atom is -0.468 e. The van der Waals surface area contributed by atoms with Crippen molar-refractivity contribution in [2.45, 2.75) is 6.54 Å². The highest BCUT2D eigenvalue weighted by molar-refractivity contribution is 7.16. The normalized spacial score (nSPS) is 11.9. The van der Waals surface area contributed by atoms with Gasteiger partial charge in [-0.25, -0.2) is 0 Å². The Hall–Kier alpha value is -3.30. The second-order valence-electron chi connectivity index (χ2n) is 5.76. The van der Waals surface area contributed by atoms with E-state index >= 15 is 0 Å². The van der Waals surface area contributed by atoms with Gasteiger partial charge in [0.1, 0.15) is 6.54 Å². The predicted molar refractivity (Wildman–Crippen MR) is 110 cm³/mol. The first-order valence-electron chi connectivity index (χ1n) is 8.25. The highest BCUT2D eigenvalue weighted by atomic mass is 35.5. The molecule has 2 aromatic carbocycles. The average molecular weight is 432 g/mol. The maximum Gasteiger partial charge on any atom is 0.325 e. The van der Waals surface area contributed by atoms with Crippen LogP contribution in [0.5, 0.6) is 0 Å². The molecule has 0 N–H and O–H groups in total. The fraction of sp³-hybridized carbons (Fsp3) is 0.105. The predicted octanol–water partition coefficient (Wildman–Crippen LogP) is 3.58. The molecule has 1 amide bonds. The summed E-state index contributed by atoms with van der Waals surface area (Å²) in [4.78, 5) is 38.9. The second kappa shape index (κ2) is 8.80. The number of halogens is 1. The van der Waals surface area contributed by atoms with Crippen LogP contribution in [0.25, 0.3) is 16.3 Å². The van der Waals surface area contributed by atoms with Gasteiger partial charge in [0, 0.05) is 23.2 Å². The van der Waals surface area contributed by atoms with Gasteiger partial charge in [0.25, 0.3) is 11.6 Å². The molecule has 0 aliphatic rings. The molecule has 0 radical (unpaired) electrons. The second-order valence-corrected chi connectivity index (χ2v) is 7.18. The third-order valence-electron chi connectivity index (χ3n) is 3.91. The number of nitro benzene ring substituents is 1. The summed E-state index contributed by atoms with van der Waals surface area (Å²) in [5.41, 5.74) is 1.10. The maximum absolute atomic E-state index is 12.3. The van der Waals surface area contributed by atoms with E-state index in [9.17, 15) is 19.7 Å². The van der Waals surface area contributed by atoms with Crippen LogP contribution >= 0.6 is 22.9 Å². The van der Waals surface area contributed by atoms with Crippen LogP contribution in [0, 0.1) is 10.1 Å². The van der Waals surface area contributed by atoms with Gasteiger partial charge in [-0.3, -0.25) is 19.7 Å². The molecule has 148 valence electrons. The number of thiazole rings is 1. The van der Waals surface area contributed by atoms with Gasteiger partial charge in [0.05, 0.1) is 22.2 Å². The first-order chi connectivity index (χ1) is 13.9. The highest BCUT2D eigenvalue weighted by Crippen LogP contribution is 2.23. The van der Waals surface area contributed by atoms with E-state index in [1.54, 1.807) is 24.3 Å². The number of amides is 1. The molecule has 0 bridgehead atoms. The SMILES string of the molecule is COC(=O)Cn1c(=NC(=O)C=Cc2ccccc2Cl)sc2cc([N+](=O)[O-])ccc21. The molecule has 10 heteroatoms. The summed E-state index contributed by atoms with van der Waals surface area (Å²) in [6.45, 7) is -0.186. The monoisotopic (exact) mass is 431 g/mol. The Labute approximate surface area is 173 Å².